The first-order chi connectivity index (χ1) is 5.27. The van der Waals surface area contributed by atoms with E-state index in [1.54, 1.807) is 4.78 Å². The van der Waals surface area contributed by atoms with E-state index in [0.717, 1.165) is 5.71 Å². The number of hydrogen-bond donors (Lipinski definition) is 0. The minimum atomic E-state index is -2.27. The van der Waals surface area contributed by atoms with Gasteiger partial charge in [-0.3, -0.25) is 4.57 Å². The van der Waals surface area contributed by atoms with E-state index in [1.807, 2.05) is 34.7 Å². The Hall–Kier alpha value is -0.300. The average molecular weight is 188 g/mol. The van der Waals surface area contributed by atoms with Crippen molar-refractivity contribution in [3.8, 4) is 0 Å². The van der Waals surface area contributed by atoms with Crippen molar-refractivity contribution >= 4 is 13.0 Å². The van der Waals surface area contributed by atoms with Crippen LogP contribution in [0.4, 0.5) is 0 Å². The molecule has 1 rings (SSSR count). The van der Waals surface area contributed by atoms with E-state index in [2.05, 4.69) is 5.10 Å². The van der Waals surface area contributed by atoms with E-state index in [-0.39, 0.29) is 5.16 Å². The maximum Gasteiger partial charge on any atom is 0.197 e. The Bertz CT molecular complexity index is 265. The van der Waals surface area contributed by atoms with Crippen molar-refractivity contribution in [2.45, 2.75) is 32.9 Å². The lowest BCUT2D eigenvalue weighted by atomic mass is 10.3. The molecule has 0 spiro atoms. The van der Waals surface area contributed by atoms with Gasteiger partial charge in [-0.15, -0.1) is 0 Å². The molecule has 0 N–H and O–H groups in total. The van der Waals surface area contributed by atoms with Gasteiger partial charge in [-0.2, -0.15) is 5.10 Å². The summed E-state index contributed by atoms with van der Waals surface area (Å²) in [6.45, 7) is 7.97. The van der Waals surface area contributed by atoms with Crippen LogP contribution in [-0.4, -0.2) is 28.9 Å². The van der Waals surface area contributed by atoms with Crippen molar-refractivity contribution in [2.24, 2.45) is 5.10 Å². The zero-order valence-corrected chi connectivity index (χ0v) is 9.35. The third kappa shape index (κ3) is 1.31. The van der Waals surface area contributed by atoms with Crippen LogP contribution in [0.3, 0.4) is 0 Å². The molecule has 1 aliphatic heterocycles. The van der Waals surface area contributed by atoms with Gasteiger partial charge in [-0.05, 0) is 6.92 Å². The SMILES string of the molecule is CC1=NN(C)P(=O)(C(C)(C)C)C1. The van der Waals surface area contributed by atoms with Gasteiger partial charge in [0.1, 0.15) is 0 Å². The minimum absolute atomic E-state index is 0.164. The molecule has 0 aliphatic carbocycles. The van der Waals surface area contributed by atoms with Crippen LogP contribution in [0.25, 0.3) is 0 Å². The Balaban J connectivity index is 3.00. The predicted octanol–water partition coefficient (Wildman–Crippen LogP) is 2.38. The fourth-order valence-corrected chi connectivity index (χ4v) is 3.96. The second kappa shape index (κ2) is 2.59. The molecule has 3 nitrogen and oxygen atoms in total. The Morgan fingerprint density at radius 3 is 2.17 bits per heavy atom. The fraction of sp³-hybridized carbons (Fsp3) is 0.875. The molecule has 1 unspecified atom stereocenters. The minimum Gasteiger partial charge on any atom is -0.298 e. The number of nitrogens with zero attached hydrogens (tertiary/aromatic N) is 2. The summed E-state index contributed by atoms with van der Waals surface area (Å²) in [6, 6.07) is 0. The van der Waals surface area contributed by atoms with Gasteiger partial charge in [-0.1, -0.05) is 20.8 Å². The second-order valence-electron chi connectivity index (χ2n) is 4.36. The van der Waals surface area contributed by atoms with Gasteiger partial charge < -0.3 is 0 Å². The van der Waals surface area contributed by atoms with Crippen LogP contribution in [0.2, 0.25) is 0 Å². The molecule has 0 bridgehead atoms. The molecule has 4 heteroatoms. The van der Waals surface area contributed by atoms with Crippen molar-refractivity contribution in [3.63, 3.8) is 0 Å². The second-order valence-corrected chi connectivity index (χ2v) is 8.00. The molecule has 1 aliphatic rings. The smallest absolute Gasteiger partial charge is 0.197 e. The zero-order valence-electron chi connectivity index (χ0n) is 8.46. The average Bonchev–Trinajstić information content (AvgIpc) is 2.06. The summed E-state index contributed by atoms with van der Waals surface area (Å²) < 4.78 is 14.1. The van der Waals surface area contributed by atoms with Crippen molar-refractivity contribution in [2.75, 3.05) is 13.2 Å². The van der Waals surface area contributed by atoms with Gasteiger partial charge in [0.2, 0.25) is 0 Å². The molecule has 1 heterocycles. The quantitative estimate of drug-likeness (QED) is 0.547. The van der Waals surface area contributed by atoms with Gasteiger partial charge in [0.05, 0.1) is 6.16 Å². The molecule has 0 aromatic carbocycles. The van der Waals surface area contributed by atoms with E-state index in [0.29, 0.717) is 6.16 Å². The summed E-state index contributed by atoms with van der Waals surface area (Å²) in [5.74, 6) is 0. The van der Waals surface area contributed by atoms with Gasteiger partial charge >= 0.3 is 0 Å². The summed E-state index contributed by atoms with van der Waals surface area (Å²) in [7, 11) is -0.463. The van der Waals surface area contributed by atoms with Crippen LogP contribution in [0, 0.1) is 0 Å². The van der Waals surface area contributed by atoms with Crippen molar-refractivity contribution < 1.29 is 4.57 Å². The first-order valence-electron chi connectivity index (χ1n) is 4.15. The molecule has 0 saturated carbocycles. The molecule has 1 atom stereocenters. The highest BCUT2D eigenvalue weighted by Gasteiger charge is 2.43. The summed E-state index contributed by atoms with van der Waals surface area (Å²) in [5.41, 5.74) is 0.982. The monoisotopic (exact) mass is 188 g/mol. The Kier molecular flexibility index (Phi) is 2.12. The molecule has 0 radical (unpaired) electrons. The van der Waals surface area contributed by atoms with E-state index >= 15 is 0 Å². The van der Waals surface area contributed by atoms with E-state index in [1.165, 1.54) is 0 Å². The third-order valence-electron chi connectivity index (χ3n) is 2.27. The largest absolute Gasteiger partial charge is 0.298 e. The van der Waals surface area contributed by atoms with Crippen molar-refractivity contribution in [1.29, 1.82) is 0 Å². The summed E-state index contributed by atoms with van der Waals surface area (Å²) >= 11 is 0. The summed E-state index contributed by atoms with van der Waals surface area (Å²) in [4.78, 5) is 0. The lowest BCUT2D eigenvalue weighted by molar-refractivity contribution is 0.470. The van der Waals surface area contributed by atoms with E-state index in [4.69, 9.17) is 0 Å². The highest BCUT2D eigenvalue weighted by Crippen LogP contribution is 2.62. The highest BCUT2D eigenvalue weighted by atomic mass is 31.2. The Morgan fingerprint density at radius 1 is 1.50 bits per heavy atom. The molecule has 0 aromatic rings. The number of hydrogen-bond acceptors (Lipinski definition) is 2. The Labute approximate surface area is 74.3 Å². The maximum atomic E-state index is 12.4. The molecular weight excluding hydrogens is 171 g/mol. The lowest BCUT2D eigenvalue weighted by Crippen LogP contribution is -2.23. The van der Waals surface area contributed by atoms with E-state index < -0.39 is 7.29 Å². The standard InChI is InChI=1S/C8H17N2OP/c1-7-6-12(11,8(2,3)4)10(5)9-7/h6H2,1-5H3. The van der Waals surface area contributed by atoms with Gasteiger partial charge in [0.25, 0.3) is 0 Å². The molecule has 0 amide bonds. The first-order valence-corrected chi connectivity index (χ1v) is 5.99. The van der Waals surface area contributed by atoms with Crippen LogP contribution in [0.5, 0.6) is 0 Å². The van der Waals surface area contributed by atoms with Crippen molar-refractivity contribution in [1.82, 2.24) is 4.78 Å². The number of hydrazone groups is 1. The predicted molar refractivity (Wildman–Crippen MR) is 53.1 cm³/mol. The fourth-order valence-electron chi connectivity index (χ4n) is 1.43. The molecule has 70 valence electrons. The van der Waals surface area contributed by atoms with Gasteiger partial charge in [0, 0.05) is 17.9 Å². The molecule has 0 aromatic heterocycles. The summed E-state index contributed by atoms with van der Waals surface area (Å²) in [5, 5.41) is 4.03. The maximum absolute atomic E-state index is 12.4. The molecule has 12 heavy (non-hydrogen) atoms. The Morgan fingerprint density at radius 2 is 2.00 bits per heavy atom. The highest BCUT2D eigenvalue weighted by molar-refractivity contribution is 7.64. The lowest BCUT2D eigenvalue weighted by Gasteiger charge is -2.31. The van der Waals surface area contributed by atoms with E-state index in [9.17, 15) is 4.57 Å². The normalized spacial score (nSPS) is 30.8. The van der Waals surface area contributed by atoms with Gasteiger partial charge in [0.15, 0.2) is 7.29 Å². The molecular formula is C8H17N2OP. The first kappa shape index (κ1) is 9.79. The summed E-state index contributed by atoms with van der Waals surface area (Å²) in [6.07, 6.45) is 0.646. The number of rotatable bonds is 0. The third-order valence-corrected chi connectivity index (χ3v) is 6.28. The molecule has 0 fully saturated rings. The topological polar surface area (TPSA) is 32.7 Å². The van der Waals surface area contributed by atoms with Crippen LogP contribution in [0.15, 0.2) is 5.10 Å². The van der Waals surface area contributed by atoms with Gasteiger partial charge in [-0.25, -0.2) is 4.78 Å². The molecule has 0 saturated heterocycles. The zero-order chi connectivity index (χ0) is 9.57. The van der Waals surface area contributed by atoms with Crippen LogP contribution in [0.1, 0.15) is 27.7 Å². The van der Waals surface area contributed by atoms with Crippen LogP contribution < -0.4 is 0 Å². The van der Waals surface area contributed by atoms with Crippen LogP contribution in [-0.2, 0) is 4.57 Å². The van der Waals surface area contributed by atoms with Crippen molar-refractivity contribution in [3.05, 3.63) is 0 Å². The van der Waals surface area contributed by atoms with Crippen LogP contribution >= 0.6 is 7.29 Å².